The minimum absolute atomic E-state index is 0.0280. The Labute approximate surface area is 236 Å². The molecular weight excluding hydrogens is 600 g/mol. The van der Waals surface area contributed by atoms with E-state index in [1.165, 1.54) is 9.80 Å². The van der Waals surface area contributed by atoms with Crippen molar-refractivity contribution in [3.05, 3.63) is 68.1 Å². The van der Waals surface area contributed by atoms with Gasteiger partial charge in [-0.05, 0) is 79.1 Å². The first kappa shape index (κ1) is 29.5. The van der Waals surface area contributed by atoms with E-state index in [1.54, 1.807) is 0 Å². The van der Waals surface area contributed by atoms with Gasteiger partial charge in [-0.1, -0.05) is 76.9 Å². The van der Waals surface area contributed by atoms with Gasteiger partial charge in [0, 0.05) is 22.0 Å². The predicted octanol–water partition coefficient (Wildman–Crippen LogP) is 4.77. The Hall–Kier alpha value is -2.07. The molecule has 0 spiro atoms. The molecule has 0 aliphatic carbocycles. The standard InChI is InChI=1S/C28H36Br2N4O3/c1-27(2,3)21-8-6-19(7-9-21)17-28(18-20-14-22(29)16-23(30)15-20)24(35)33(12-4-10-31)26(37)34(25(28)36)13-5-11-32/h6-9,14-16H,4-5,10-13,17-18,31-32H2,1-3H3. The molecule has 0 unspecified atom stereocenters. The van der Waals surface area contributed by atoms with Crippen molar-refractivity contribution in [1.29, 1.82) is 0 Å². The average molecular weight is 636 g/mol. The number of nitrogens with zero attached hydrogens (tertiary/aromatic N) is 2. The van der Waals surface area contributed by atoms with Crippen LogP contribution in [0.2, 0.25) is 0 Å². The van der Waals surface area contributed by atoms with E-state index in [0.717, 1.165) is 25.6 Å². The quantitative estimate of drug-likeness (QED) is 0.366. The maximum Gasteiger partial charge on any atom is 0.333 e. The maximum atomic E-state index is 14.2. The number of carbonyl (C=O) groups is 3. The van der Waals surface area contributed by atoms with Gasteiger partial charge in [-0.25, -0.2) is 4.79 Å². The molecule has 1 heterocycles. The minimum Gasteiger partial charge on any atom is -0.330 e. The van der Waals surface area contributed by atoms with E-state index >= 15 is 0 Å². The molecule has 2 aromatic rings. The summed E-state index contributed by atoms with van der Waals surface area (Å²) in [6.07, 6.45) is 1.23. The second-order valence-corrected chi connectivity index (χ2v) is 12.5. The molecule has 0 bridgehead atoms. The Kier molecular flexibility index (Phi) is 9.72. The van der Waals surface area contributed by atoms with Crippen LogP contribution in [-0.2, 0) is 27.8 Å². The molecule has 200 valence electrons. The molecule has 2 aromatic carbocycles. The molecule has 0 aromatic heterocycles. The molecule has 1 fully saturated rings. The summed E-state index contributed by atoms with van der Waals surface area (Å²) in [7, 11) is 0. The highest BCUT2D eigenvalue weighted by atomic mass is 79.9. The van der Waals surface area contributed by atoms with Crippen LogP contribution in [0, 0.1) is 5.41 Å². The van der Waals surface area contributed by atoms with Crippen LogP contribution in [0.1, 0.15) is 50.3 Å². The van der Waals surface area contributed by atoms with Gasteiger partial charge in [-0.15, -0.1) is 0 Å². The topological polar surface area (TPSA) is 110 Å². The van der Waals surface area contributed by atoms with Crippen LogP contribution in [0.4, 0.5) is 4.79 Å². The molecule has 4 N–H and O–H groups in total. The van der Waals surface area contributed by atoms with Gasteiger partial charge in [-0.2, -0.15) is 0 Å². The molecule has 1 aliphatic rings. The number of urea groups is 1. The van der Waals surface area contributed by atoms with Crippen molar-refractivity contribution in [2.45, 2.75) is 51.9 Å². The summed E-state index contributed by atoms with van der Waals surface area (Å²) < 4.78 is 1.65. The van der Waals surface area contributed by atoms with Gasteiger partial charge in [0.2, 0.25) is 11.8 Å². The fraction of sp³-hybridized carbons (Fsp3) is 0.464. The lowest BCUT2D eigenvalue weighted by Gasteiger charge is -2.44. The van der Waals surface area contributed by atoms with E-state index in [0.29, 0.717) is 25.9 Å². The van der Waals surface area contributed by atoms with Crippen LogP contribution < -0.4 is 11.5 Å². The largest absolute Gasteiger partial charge is 0.333 e. The van der Waals surface area contributed by atoms with E-state index in [4.69, 9.17) is 11.5 Å². The van der Waals surface area contributed by atoms with Crippen molar-refractivity contribution in [3.63, 3.8) is 0 Å². The summed E-state index contributed by atoms with van der Waals surface area (Å²) in [6, 6.07) is 13.2. The number of amides is 4. The van der Waals surface area contributed by atoms with Gasteiger partial charge in [0.15, 0.2) is 0 Å². The number of hydrogen-bond donors (Lipinski definition) is 2. The summed E-state index contributed by atoms with van der Waals surface area (Å²) in [4.78, 5) is 44.1. The van der Waals surface area contributed by atoms with E-state index in [2.05, 4.69) is 52.6 Å². The second kappa shape index (κ2) is 12.2. The van der Waals surface area contributed by atoms with Gasteiger partial charge < -0.3 is 11.5 Å². The SMILES string of the molecule is CC(C)(C)c1ccc(CC2(Cc3cc(Br)cc(Br)c3)C(=O)N(CCCN)C(=O)N(CCCN)C2=O)cc1. The lowest BCUT2D eigenvalue weighted by molar-refractivity contribution is -0.159. The number of barbiturate groups is 1. The molecule has 3 rings (SSSR count). The summed E-state index contributed by atoms with van der Waals surface area (Å²) in [5.74, 6) is -0.952. The van der Waals surface area contributed by atoms with Crippen LogP contribution in [0.25, 0.3) is 0 Å². The molecule has 7 nitrogen and oxygen atoms in total. The van der Waals surface area contributed by atoms with E-state index in [1.807, 2.05) is 42.5 Å². The zero-order valence-electron chi connectivity index (χ0n) is 21.7. The molecule has 0 saturated carbocycles. The summed E-state index contributed by atoms with van der Waals surface area (Å²) in [6.45, 7) is 7.39. The monoisotopic (exact) mass is 634 g/mol. The van der Waals surface area contributed by atoms with Gasteiger partial charge in [-0.3, -0.25) is 19.4 Å². The van der Waals surface area contributed by atoms with Crippen LogP contribution in [0.15, 0.2) is 51.4 Å². The number of carbonyl (C=O) groups excluding carboxylic acids is 3. The lowest BCUT2D eigenvalue weighted by Crippen LogP contribution is -2.67. The predicted molar refractivity (Wildman–Crippen MR) is 153 cm³/mol. The third-order valence-corrected chi connectivity index (χ3v) is 7.61. The number of benzene rings is 2. The normalized spacial score (nSPS) is 16.0. The molecule has 1 aliphatic heterocycles. The van der Waals surface area contributed by atoms with E-state index in [9.17, 15) is 14.4 Å². The van der Waals surface area contributed by atoms with Crippen molar-refractivity contribution >= 4 is 49.7 Å². The van der Waals surface area contributed by atoms with Crippen molar-refractivity contribution in [3.8, 4) is 0 Å². The first-order valence-corrected chi connectivity index (χ1v) is 14.1. The Bertz CT molecular complexity index is 1090. The molecule has 37 heavy (non-hydrogen) atoms. The van der Waals surface area contributed by atoms with Crippen LogP contribution in [0.3, 0.4) is 0 Å². The van der Waals surface area contributed by atoms with E-state index < -0.39 is 23.3 Å². The van der Waals surface area contributed by atoms with Gasteiger partial charge in [0.05, 0.1) is 0 Å². The summed E-state index contributed by atoms with van der Waals surface area (Å²) in [5.41, 5.74) is 12.7. The Morgan fingerprint density at radius 2 is 1.22 bits per heavy atom. The van der Waals surface area contributed by atoms with E-state index in [-0.39, 0.29) is 31.3 Å². The van der Waals surface area contributed by atoms with Gasteiger partial charge in [0.25, 0.3) is 0 Å². The Balaban J connectivity index is 2.15. The van der Waals surface area contributed by atoms with Gasteiger partial charge >= 0.3 is 6.03 Å². The van der Waals surface area contributed by atoms with Crippen molar-refractivity contribution in [2.24, 2.45) is 16.9 Å². The molecule has 0 radical (unpaired) electrons. The van der Waals surface area contributed by atoms with Crippen LogP contribution in [-0.4, -0.2) is 53.8 Å². The third kappa shape index (κ3) is 6.69. The Morgan fingerprint density at radius 3 is 1.65 bits per heavy atom. The summed E-state index contributed by atoms with van der Waals surface area (Å²) >= 11 is 7.04. The zero-order valence-corrected chi connectivity index (χ0v) is 24.9. The van der Waals surface area contributed by atoms with Crippen LogP contribution >= 0.6 is 31.9 Å². The molecule has 4 amide bonds. The first-order chi connectivity index (χ1) is 17.4. The summed E-state index contributed by atoms with van der Waals surface area (Å²) in [5, 5.41) is 0. The minimum atomic E-state index is -1.49. The zero-order chi connectivity index (χ0) is 27.4. The fourth-order valence-electron chi connectivity index (χ4n) is 4.72. The van der Waals surface area contributed by atoms with Crippen molar-refractivity contribution in [1.82, 2.24) is 9.80 Å². The lowest BCUT2D eigenvalue weighted by atomic mass is 9.72. The maximum absolute atomic E-state index is 14.2. The average Bonchev–Trinajstić information content (AvgIpc) is 2.82. The molecule has 0 atom stereocenters. The smallest absolute Gasteiger partial charge is 0.330 e. The number of halogens is 2. The highest BCUT2D eigenvalue weighted by Crippen LogP contribution is 2.38. The first-order valence-electron chi connectivity index (χ1n) is 12.6. The second-order valence-electron chi connectivity index (χ2n) is 10.6. The van der Waals surface area contributed by atoms with Gasteiger partial charge in [0.1, 0.15) is 5.41 Å². The highest BCUT2D eigenvalue weighted by Gasteiger charge is 2.56. The molecule has 9 heteroatoms. The number of rotatable bonds is 10. The number of nitrogens with two attached hydrogens (primary N) is 2. The molecule has 1 saturated heterocycles. The molecular formula is C28H36Br2N4O3. The van der Waals surface area contributed by atoms with Crippen LogP contribution in [0.5, 0.6) is 0 Å². The number of hydrogen-bond acceptors (Lipinski definition) is 5. The van der Waals surface area contributed by atoms with Crippen molar-refractivity contribution in [2.75, 3.05) is 26.2 Å². The Morgan fingerprint density at radius 1 is 0.757 bits per heavy atom. The number of imide groups is 2. The fourth-order valence-corrected chi connectivity index (χ4v) is 6.11. The highest BCUT2D eigenvalue weighted by molar-refractivity contribution is 9.11. The van der Waals surface area contributed by atoms with Crippen molar-refractivity contribution < 1.29 is 14.4 Å². The third-order valence-electron chi connectivity index (χ3n) is 6.70.